The maximum absolute atomic E-state index is 13.6. The quantitative estimate of drug-likeness (QED) is 0.211. The van der Waals surface area contributed by atoms with E-state index in [2.05, 4.69) is 4.72 Å². The Morgan fingerprint density at radius 1 is 0.886 bits per heavy atom. The molecule has 0 bridgehead atoms. The maximum atomic E-state index is 13.6. The van der Waals surface area contributed by atoms with Gasteiger partial charge in [-0.1, -0.05) is 84.4 Å². The van der Waals surface area contributed by atoms with Crippen molar-refractivity contribution < 1.29 is 13.7 Å². The minimum absolute atomic E-state index is 0.234. The van der Waals surface area contributed by atoms with E-state index in [-0.39, 0.29) is 6.61 Å². The van der Waals surface area contributed by atoms with Crippen molar-refractivity contribution in [1.82, 2.24) is 4.72 Å². The van der Waals surface area contributed by atoms with E-state index in [0.717, 1.165) is 27.1 Å². The standard InChI is InChI=1S/C29H27NO3S2/c1-3-33-29(31)27(26(22-11-6-4-7-12-22)23-13-8-5-9-14-23)28(25-15-10-20-34-25)30-35(32)24-18-16-21(2)17-19-24/h4-20,28,30H,3H2,1-2H3/t28-,35-/m0/s1. The summed E-state index contributed by atoms with van der Waals surface area (Å²) >= 11 is 1.50. The van der Waals surface area contributed by atoms with Crippen molar-refractivity contribution in [3.8, 4) is 0 Å². The molecule has 6 heteroatoms. The zero-order valence-corrected chi connectivity index (χ0v) is 21.3. The number of carbonyl (C=O) groups is 1. The van der Waals surface area contributed by atoms with Gasteiger partial charge in [0.25, 0.3) is 0 Å². The summed E-state index contributed by atoms with van der Waals surface area (Å²) in [4.78, 5) is 15.1. The molecular formula is C29H27NO3S2. The van der Waals surface area contributed by atoms with E-state index in [0.29, 0.717) is 10.5 Å². The summed E-state index contributed by atoms with van der Waals surface area (Å²) in [6.07, 6.45) is 0. The van der Waals surface area contributed by atoms with Gasteiger partial charge in [0.1, 0.15) is 11.0 Å². The Labute approximate surface area is 212 Å². The van der Waals surface area contributed by atoms with Crippen LogP contribution in [0.3, 0.4) is 0 Å². The number of hydrogen-bond acceptors (Lipinski definition) is 4. The van der Waals surface area contributed by atoms with Gasteiger partial charge in [-0.3, -0.25) is 0 Å². The molecule has 178 valence electrons. The van der Waals surface area contributed by atoms with Crippen molar-refractivity contribution >= 4 is 33.9 Å². The van der Waals surface area contributed by atoms with Crippen LogP contribution in [0.4, 0.5) is 0 Å². The zero-order valence-electron chi connectivity index (χ0n) is 19.6. The summed E-state index contributed by atoms with van der Waals surface area (Å²) in [6, 6.07) is 30.3. The summed E-state index contributed by atoms with van der Waals surface area (Å²) < 4.78 is 22.3. The van der Waals surface area contributed by atoms with Crippen molar-refractivity contribution in [3.63, 3.8) is 0 Å². The van der Waals surface area contributed by atoms with Crippen LogP contribution >= 0.6 is 11.3 Å². The van der Waals surface area contributed by atoms with Gasteiger partial charge in [-0.05, 0) is 48.6 Å². The molecule has 1 heterocycles. The number of ether oxygens (including phenoxy) is 1. The molecule has 1 aromatic heterocycles. The molecular weight excluding hydrogens is 474 g/mol. The number of rotatable bonds is 9. The molecule has 0 saturated heterocycles. The van der Waals surface area contributed by atoms with Crippen LogP contribution < -0.4 is 4.72 Å². The second-order valence-electron chi connectivity index (χ2n) is 7.89. The van der Waals surface area contributed by atoms with Gasteiger partial charge in [-0.15, -0.1) is 11.3 Å². The minimum Gasteiger partial charge on any atom is -0.463 e. The lowest BCUT2D eigenvalue weighted by atomic mass is 9.89. The van der Waals surface area contributed by atoms with Gasteiger partial charge in [-0.2, -0.15) is 0 Å². The van der Waals surface area contributed by atoms with Crippen molar-refractivity contribution in [1.29, 1.82) is 0 Å². The predicted octanol–water partition coefficient (Wildman–Crippen LogP) is 6.48. The first-order chi connectivity index (χ1) is 17.1. The molecule has 0 aliphatic rings. The molecule has 0 unspecified atom stereocenters. The Balaban J connectivity index is 1.94. The van der Waals surface area contributed by atoms with Crippen LogP contribution in [0.15, 0.2) is 113 Å². The van der Waals surface area contributed by atoms with Crippen LogP contribution in [0.1, 0.15) is 34.5 Å². The molecule has 0 aliphatic carbocycles. The van der Waals surface area contributed by atoms with Gasteiger partial charge in [-0.25, -0.2) is 13.7 Å². The topological polar surface area (TPSA) is 55.4 Å². The smallest absolute Gasteiger partial charge is 0.336 e. The van der Waals surface area contributed by atoms with Crippen LogP contribution in [0, 0.1) is 6.92 Å². The second kappa shape index (κ2) is 11.9. The van der Waals surface area contributed by atoms with Crippen LogP contribution in [-0.4, -0.2) is 16.8 Å². The Morgan fingerprint density at radius 2 is 1.49 bits per heavy atom. The van der Waals surface area contributed by atoms with Crippen LogP contribution in [0.2, 0.25) is 0 Å². The van der Waals surface area contributed by atoms with Gasteiger partial charge in [0.05, 0.1) is 23.1 Å². The summed E-state index contributed by atoms with van der Waals surface area (Å²) in [5.41, 5.74) is 4.02. The van der Waals surface area contributed by atoms with Crippen molar-refractivity contribution in [3.05, 3.63) is 130 Å². The lowest BCUT2D eigenvalue weighted by Gasteiger charge is -2.24. The lowest BCUT2D eigenvalue weighted by molar-refractivity contribution is -0.138. The third kappa shape index (κ3) is 6.03. The highest BCUT2D eigenvalue weighted by molar-refractivity contribution is 7.83. The first kappa shape index (κ1) is 24.8. The maximum Gasteiger partial charge on any atom is 0.336 e. The third-order valence-electron chi connectivity index (χ3n) is 5.47. The molecule has 0 fully saturated rings. The highest BCUT2D eigenvalue weighted by Crippen LogP contribution is 2.37. The number of carbonyl (C=O) groups excluding carboxylic acids is 1. The average molecular weight is 502 g/mol. The fraction of sp³-hybridized carbons (Fsp3) is 0.138. The molecule has 1 N–H and O–H groups in total. The number of nitrogens with one attached hydrogen (secondary N) is 1. The first-order valence-electron chi connectivity index (χ1n) is 11.4. The predicted molar refractivity (Wildman–Crippen MR) is 143 cm³/mol. The third-order valence-corrected chi connectivity index (χ3v) is 7.55. The highest BCUT2D eigenvalue weighted by Gasteiger charge is 2.31. The van der Waals surface area contributed by atoms with Crippen molar-refractivity contribution in [2.24, 2.45) is 0 Å². The Bertz CT molecular complexity index is 1260. The molecule has 35 heavy (non-hydrogen) atoms. The Kier molecular flexibility index (Phi) is 8.42. The molecule has 4 rings (SSSR count). The van der Waals surface area contributed by atoms with E-state index in [4.69, 9.17) is 4.74 Å². The largest absolute Gasteiger partial charge is 0.463 e. The van der Waals surface area contributed by atoms with Gasteiger partial charge < -0.3 is 4.74 Å². The molecule has 4 aromatic rings. The first-order valence-corrected chi connectivity index (χ1v) is 13.4. The molecule has 0 amide bonds. The van der Waals surface area contributed by atoms with Gasteiger partial charge in [0.15, 0.2) is 0 Å². The number of hydrogen-bond donors (Lipinski definition) is 1. The summed E-state index contributed by atoms with van der Waals surface area (Å²) in [7, 11) is -1.56. The van der Waals surface area contributed by atoms with E-state index in [1.54, 1.807) is 6.92 Å². The normalized spacial score (nSPS) is 12.5. The van der Waals surface area contributed by atoms with E-state index in [9.17, 15) is 9.00 Å². The average Bonchev–Trinajstić information content (AvgIpc) is 3.42. The van der Waals surface area contributed by atoms with Crippen LogP contribution in [0.25, 0.3) is 5.57 Å². The molecule has 4 nitrogen and oxygen atoms in total. The minimum atomic E-state index is -1.56. The van der Waals surface area contributed by atoms with Crippen LogP contribution in [-0.2, 0) is 20.5 Å². The lowest BCUT2D eigenvalue weighted by Crippen LogP contribution is -2.29. The fourth-order valence-electron chi connectivity index (χ4n) is 3.81. The monoisotopic (exact) mass is 501 g/mol. The van der Waals surface area contributed by atoms with Gasteiger partial charge in [0.2, 0.25) is 0 Å². The Hall–Kier alpha value is -3.32. The number of esters is 1. The van der Waals surface area contributed by atoms with E-state index in [1.165, 1.54) is 11.3 Å². The highest BCUT2D eigenvalue weighted by atomic mass is 32.2. The molecule has 0 radical (unpaired) electrons. The SMILES string of the molecule is CCOC(=O)C(=C(c1ccccc1)c1ccccc1)[C@@H](N[S@@](=O)c1ccc(C)cc1)c1cccs1. The van der Waals surface area contributed by atoms with Crippen molar-refractivity contribution in [2.45, 2.75) is 24.8 Å². The number of thiophene rings is 1. The van der Waals surface area contributed by atoms with E-state index in [1.807, 2.05) is 109 Å². The van der Waals surface area contributed by atoms with E-state index >= 15 is 0 Å². The molecule has 0 spiro atoms. The van der Waals surface area contributed by atoms with Crippen LogP contribution in [0.5, 0.6) is 0 Å². The number of benzene rings is 3. The molecule has 2 atom stereocenters. The van der Waals surface area contributed by atoms with E-state index < -0.39 is 23.0 Å². The van der Waals surface area contributed by atoms with Gasteiger partial charge >= 0.3 is 5.97 Å². The molecule has 0 saturated carbocycles. The van der Waals surface area contributed by atoms with Gasteiger partial charge in [0, 0.05) is 10.5 Å². The zero-order chi connectivity index (χ0) is 24.6. The fourth-order valence-corrected chi connectivity index (χ4v) is 5.65. The molecule has 0 aliphatic heterocycles. The summed E-state index contributed by atoms with van der Waals surface area (Å²) in [5, 5.41) is 1.95. The summed E-state index contributed by atoms with van der Waals surface area (Å²) in [6.45, 7) is 4.01. The second-order valence-corrected chi connectivity index (χ2v) is 10.1. The molecule has 3 aromatic carbocycles. The number of aryl methyl sites for hydroxylation is 1. The van der Waals surface area contributed by atoms with Crippen molar-refractivity contribution in [2.75, 3.05) is 6.61 Å². The summed E-state index contributed by atoms with van der Waals surface area (Å²) in [5.74, 6) is -0.443. The Morgan fingerprint density at radius 3 is 2.00 bits per heavy atom.